The van der Waals surface area contributed by atoms with Crippen LogP contribution in [0.5, 0.6) is 0 Å². The van der Waals surface area contributed by atoms with Crippen LogP contribution in [0.4, 0.5) is 26.3 Å². The molecule has 11 unspecified atom stereocenters. The molecule has 4 saturated carbocycles. The Morgan fingerprint density at radius 1 is 0.879 bits per heavy atom. The Morgan fingerprint density at radius 3 is 1.94 bits per heavy atom. The Morgan fingerprint density at radius 2 is 1.45 bits per heavy atom. The minimum atomic E-state index is -5.80. The number of carbonyl (C=O) groups is 2. The Labute approximate surface area is 189 Å². The maximum atomic E-state index is 13.3. The normalized spacial score (nSPS) is 41.8. The van der Waals surface area contributed by atoms with E-state index < -0.39 is 42.1 Å². The van der Waals surface area contributed by atoms with Crippen LogP contribution in [0.3, 0.4) is 0 Å². The summed E-state index contributed by atoms with van der Waals surface area (Å²) >= 11 is 0. The lowest BCUT2D eigenvalue weighted by Gasteiger charge is -2.48. The zero-order chi connectivity index (χ0) is 24.8. The lowest BCUT2D eigenvalue weighted by molar-refractivity contribution is -0.373. The summed E-state index contributed by atoms with van der Waals surface area (Å²) in [5.41, 5.74) is -4.71. The molecule has 188 valence electrons. The Balaban J connectivity index is 1.62. The second kappa shape index (κ2) is 7.69. The summed E-state index contributed by atoms with van der Waals surface area (Å²) in [4.78, 5) is 24.7. The van der Waals surface area contributed by atoms with Gasteiger partial charge in [0.05, 0.1) is 0 Å². The molecule has 0 aromatic carbocycles. The van der Waals surface area contributed by atoms with E-state index in [0.29, 0.717) is 6.42 Å². The smallest absolute Gasteiger partial charge is 0.374 e. The van der Waals surface area contributed by atoms with Crippen molar-refractivity contribution < 1.29 is 41.0 Å². The van der Waals surface area contributed by atoms with Crippen molar-refractivity contribution in [2.24, 2.45) is 65.1 Å². The van der Waals surface area contributed by atoms with Gasteiger partial charge in [0.1, 0.15) is 11.6 Å². The molecule has 4 aliphatic rings. The van der Waals surface area contributed by atoms with Gasteiger partial charge in [0, 0.05) is 11.8 Å². The maximum absolute atomic E-state index is 13.3. The monoisotopic (exact) mass is 482 g/mol. The van der Waals surface area contributed by atoms with Crippen LogP contribution in [0.1, 0.15) is 53.4 Å². The molecular formula is C24H32F6O3. The van der Waals surface area contributed by atoms with Gasteiger partial charge in [-0.3, -0.25) is 9.59 Å². The van der Waals surface area contributed by atoms with Crippen molar-refractivity contribution in [3.05, 3.63) is 0 Å². The highest BCUT2D eigenvalue weighted by atomic mass is 19.4. The molecule has 33 heavy (non-hydrogen) atoms. The van der Waals surface area contributed by atoms with Crippen LogP contribution in [-0.2, 0) is 9.59 Å². The lowest BCUT2D eigenvalue weighted by atomic mass is 9.57. The lowest BCUT2D eigenvalue weighted by Crippen LogP contribution is -2.58. The summed E-state index contributed by atoms with van der Waals surface area (Å²) in [6.45, 7) is 6.74. The van der Waals surface area contributed by atoms with Gasteiger partial charge in [-0.05, 0) is 92.8 Å². The number of hydrogen-bond donors (Lipinski definition) is 1. The van der Waals surface area contributed by atoms with E-state index in [1.807, 2.05) is 0 Å². The molecule has 0 spiro atoms. The number of hydrogen-bond acceptors (Lipinski definition) is 3. The van der Waals surface area contributed by atoms with Crippen molar-refractivity contribution >= 4 is 11.6 Å². The van der Waals surface area contributed by atoms with Gasteiger partial charge in [0.25, 0.3) is 5.60 Å². The highest BCUT2D eigenvalue weighted by Crippen LogP contribution is 2.73. The van der Waals surface area contributed by atoms with Gasteiger partial charge in [-0.15, -0.1) is 0 Å². The van der Waals surface area contributed by atoms with Crippen molar-refractivity contribution in [3.8, 4) is 0 Å². The van der Waals surface area contributed by atoms with Crippen molar-refractivity contribution in [3.63, 3.8) is 0 Å². The molecule has 0 amide bonds. The largest absolute Gasteiger partial charge is 0.426 e. The molecule has 0 aromatic rings. The molecular weight excluding hydrogens is 450 g/mol. The number of halogens is 6. The zero-order valence-corrected chi connectivity index (χ0v) is 19.2. The first-order valence-corrected chi connectivity index (χ1v) is 11.9. The molecule has 4 aliphatic carbocycles. The van der Waals surface area contributed by atoms with Crippen molar-refractivity contribution in [1.82, 2.24) is 0 Å². The van der Waals surface area contributed by atoms with Crippen LogP contribution in [0.25, 0.3) is 0 Å². The third-order valence-corrected chi connectivity index (χ3v) is 10.1. The molecule has 4 bridgehead atoms. The SMILES string of the molecule is CC(=O)C(C)C(C(C)=O)C1C(C)C2CC1C1C3CC(CC3CC(O)(C(F)(F)F)C(F)(F)F)C21. The first-order chi connectivity index (χ1) is 15.0. The van der Waals surface area contributed by atoms with E-state index in [0.717, 1.165) is 6.42 Å². The van der Waals surface area contributed by atoms with E-state index in [9.17, 15) is 41.0 Å². The van der Waals surface area contributed by atoms with Gasteiger partial charge in [-0.2, -0.15) is 26.3 Å². The summed E-state index contributed by atoms with van der Waals surface area (Å²) < 4.78 is 80.1. The van der Waals surface area contributed by atoms with Crippen LogP contribution in [0, 0.1) is 65.1 Å². The molecule has 0 aromatic heterocycles. The number of Topliss-reactive ketones (excluding diaryl/α,β-unsaturated/α-hetero) is 2. The predicted molar refractivity (Wildman–Crippen MR) is 107 cm³/mol. The first kappa shape index (κ1) is 25.0. The summed E-state index contributed by atoms with van der Waals surface area (Å²) in [5, 5.41) is 9.80. The summed E-state index contributed by atoms with van der Waals surface area (Å²) in [6.07, 6.45) is -11.3. The molecule has 0 radical (unpaired) electrons. The van der Waals surface area contributed by atoms with E-state index in [1.165, 1.54) is 13.8 Å². The van der Waals surface area contributed by atoms with Crippen LogP contribution < -0.4 is 0 Å². The average Bonchev–Trinajstić information content (AvgIpc) is 3.38. The van der Waals surface area contributed by atoms with Crippen molar-refractivity contribution in [2.45, 2.75) is 71.3 Å². The molecule has 1 N–H and O–H groups in total. The third kappa shape index (κ3) is 3.49. The number of alkyl halides is 6. The zero-order valence-electron chi connectivity index (χ0n) is 19.2. The van der Waals surface area contributed by atoms with E-state index in [2.05, 4.69) is 6.92 Å². The molecule has 0 aliphatic heterocycles. The molecule has 9 heteroatoms. The van der Waals surface area contributed by atoms with E-state index in [-0.39, 0.29) is 65.3 Å². The molecule has 0 heterocycles. The average molecular weight is 483 g/mol. The van der Waals surface area contributed by atoms with E-state index in [4.69, 9.17) is 0 Å². The number of fused-ring (bicyclic) bond motifs is 9. The van der Waals surface area contributed by atoms with Gasteiger partial charge >= 0.3 is 12.4 Å². The van der Waals surface area contributed by atoms with Crippen LogP contribution in [0.2, 0.25) is 0 Å². The Kier molecular flexibility index (Phi) is 5.82. The van der Waals surface area contributed by atoms with E-state index in [1.54, 1.807) is 6.92 Å². The fraction of sp³-hybridized carbons (Fsp3) is 0.917. The van der Waals surface area contributed by atoms with E-state index >= 15 is 0 Å². The third-order valence-electron chi connectivity index (χ3n) is 10.1. The molecule has 11 atom stereocenters. The standard InChI is InChI=1S/C24H32F6O3/c1-9(11(3)31)18(12(4)32)19-10(2)15-7-17(19)21-16-6-13(20(15)21)5-14(16)8-22(33,23(25,26)27)24(28,29)30/h9-10,13-21,33H,5-8H2,1-4H3. The number of rotatable bonds is 6. The summed E-state index contributed by atoms with van der Waals surface area (Å²) in [5.74, 6) is -1.61. The molecule has 4 rings (SSSR count). The van der Waals surface area contributed by atoms with Gasteiger partial charge in [0.2, 0.25) is 0 Å². The van der Waals surface area contributed by atoms with Crippen LogP contribution in [0.15, 0.2) is 0 Å². The van der Waals surface area contributed by atoms with Crippen molar-refractivity contribution in [1.29, 1.82) is 0 Å². The quantitative estimate of drug-likeness (QED) is 0.405. The maximum Gasteiger partial charge on any atom is 0.426 e. The van der Waals surface area contributed by atoms with Gasteiger partial charge < -0.3 is 5.11 Å². The fourth-order valence-corrected chi connectivity index (χ4v) is 8.92. The topological polar surface area (TPSA) is 54.4 Å². The van der Waals surface area contributed by atoms with Gasteiger partial charge in [-0.25, -0.2) is 0 Å². The molecule has 4 fully saturated rings. The molecule has 0 saturated heterocycles. The Hall–Kier alpha value is -1.12. The highest BCUT2D eigenvalue weighted by molar-refractivity contribution is 5.87. The second-order valence-corrected chi connectivity index (χ2v) is 11.4. The summed E-state index contributed by atoms with van der Waals surface area (Å²) in [7, 11) is 0. The van der Waals surface area contributed by atoms with Crippen LogP contribution in [-0.4, -0.2) is 34.6 Å². The number of ketones is 2. The first-order valence-electron chi connectivity index (χ1n) is 11.9. The number of carbonyl (C=O) groups excluding carboxylic acids is 2. The van der Waals surface area contributed by atoms with Gasteiger partial charge in [-0.1, -0.05) is 13.8 Å². The molecule has 3 nitrogen and oxygen atoms in total. The Bertz CT molecular complexity index is 806. The fourth-order valence-electron chi connectivity index (χ4n) is 8.92. The minimum absolute atomic E-state index is 0.0216. The van der Waals surface area contributed by atoms with Gasteiger partial charge in [0.15, 0.2) is 0 Å². The second-order valence-electron chi connectivity index (χ2n) is 11.4. The highest BCUT2D eigenvalue weighted by Gasteiger charge is 2.73. The summed E-state index contributed by atoms with van der Waals surface area (Å²) in [6, 6.07) is 0. The minimum Gasteiger partial charge on any atom is -0.374 e. The number of aliphatic hydroxyl groups is 1. The van der Waals surface area contributed by atoms with Crippen molar-refractivity contribution in [2.75, 3.05) is 0 Å². The predicted octanol–water partition coefficient (Wildman–Crippen LogP) is 5.45. The van der Waals surface area contributed by atoms with Crippen LogP contribution >= 0.6 is 0 Å².